The monoisotopic (exact) mass is 406 g/mol. The molecule has 0 spiro atoms. The first kappa shape index (κ1) is 21.5. The lowest BCUT2D eigenvalue weighted by Crippen LogP contribution is -2.15. The minimum absolute atomic E-state index is 0.152. The van der Waals surface area contributed by atoms with Gasteiger partial charge in [-0.2, -0.15) is 0 Å². The highest BCUT2D eigenvalue weighted by Gasteiger charge is 2.14. The summed E-state index contributed by atoms with van der Waals surface area (Å²) >= 11 is 12.1. The molecule has 0 aliphatic carbocycles. The Hall–Kier alpha value is -1.85. The van der Waals surface area contributed by atoms with Crippen LogP contribution in [0.15, 0.2) is 36.4 Å². The van der Waals surface area contributed by atoms with Crippen LogP contribution in [-0.4, -0.2) is 48.9 Å². The van der Waals surface area contributed by atoms with Crippen molar-refractivity contribution in [3.63, 3.8) is 0 Å². The maximum absolute atomic E-state index is 12.7. The summed E-state index contributed by atoms with van der Waals surface area (Å²) in [6.07, 6.45) is 3.16. The highest BCUT2D eigenvalue weighted by Crippen LogP contribution is 2.28. The van der Waals surface area contributed by atoms with Crippen LogP contribution in [0.5, 0.6) is 5.75 Å². The number of carbonyl (C=O) groups excluding carboxylic acids is 1. The first-order chi connectivity index (χ1) is 12.7. The quantitative estimate of drug-likeness (QED) is 0.533. The number of benzene rings is 2. The van der Waals surface area contributed by atoms with E-state index in [-0.39, 0.29) is 11.5 Å². The third-order valence-electron chi connectivity index (χ3n) is 3.90. The lowest BCUT2D eigenvalue weighted by molar-refractivity contribution is 0.104. The molecule has 0 atom stereocenters. The molecule has 0 radical (unpaired) electrons. The largest absolute Gasteiger partial charge is 0.507 e. The van der Waals surface area contributed by atoms with Crippen LogP contribution in [0.3, 0.4) is 0 Å². The highest BCUT2D eigenvalue weighted by molar-refractivity contribution is 6.35. The molecule has 2 aromatic rings. The Kier molecular flexibility index (Phi) is 7.45. The van der Waals surface area contributed by atoms with Crippen LogP contribution in [0.25, 0.3) is 6.08 Å². The minimum Gasteiger partial charge on any atom is -0.507 e. The highest BCUT2D eigenvalue weighted by atomic mass is 35.5. The number of hydrogen-bond acceptors (Lipinski definition) is 4. The number of phenols is 1. The number of hydrogen-bond donors (Lipinski definition) is 1. The molecule has 2 aromatic carbocycles. The van der Waals surface area contributed by atoms with Gasteiger partial charge in [-0.25, -0.2) is 0 Å². The third kappa shape index (κ3) is 6.08. The summed E-state index contributed by atoms with van der Waals surface area (Å²) in [7, 11) is 7.67. The molecule has 6 heteroatoms. The maximum Gasteiger partial charge on any atom is 0.185 e. The van der Waals surface area contributed by atoms with Gasteiger partial charge in [0, 0.05) is 39.8 Å². The normalized spacial score (nSPS) is 11.7. The molecule has 0 aliphatic heterocycles. The van der Waals surface area contributed by atoms with Gasteiger partial charge in [-0.1, -0.05) is 29.3 Å². The Bertz CT molecular complexity index is 830. The SMILES string of the molecule is CN(C)Cc1cc(C(=O)/C=C/c2ccc(Cl)cc2Cl)cc(CN(C)C)c1O. The molecule has 1 N–H and O–H groups in total. The van der Waals surface area contributed by atoms with Crippen LogP contribution >= 0.6 is 23.2 Å². The van der Waals surface area contributed by atoms with E-state index in [4.69, 9.17) is 23.2 Å². The van der Waals surface area contributed by atoms with E-state index in [1.165, 1.54) is 6.08 Å². The number of halogens is 2. The van der Waals surface area contributed by atoms with Crippen LogP contribution in [-0.2, 0) is 13.1 Å². The van der Waals surface area contributed by atoms with E-state index < -0.39 is 0 Å². The topological polar surface area (TPSA) is 43.8 Å². The van der Waals surface area contributed by atoms with Gasteiger partial charge in [0.15, 0.2) is 5.78 Å². The Morgan fingerprint density at radius 2 is 1.56 bits per heavy atom. The van der Waals surface area contributed by atoms with E-state index in [0.717, 1.165) is 16.7 Å². The number of ketones is 1. The molecular weight excluding hydrogens is 383 g/mol. The van der Waals surface area contributed by atoms with E-state index >= 15 is 0 Å². The molecule has 27 heavy (non-hydrogen) atoms. The Balaban J connectivity index is 2.37. The second-order valence-electron chi connectivity index (χ2n) is 6.98. The zero-order chi connectivity index (χ0) is 20.1. The number of carbonyl (C=O) groups is 1. The first-order valence-electron chi connectivity index (χ1n) is 8.49. The van der Waals surface area contributed by atoms with Crippen molar-refractivity contribution >= 4 is 35.1 Å². The van der Waals surface area contributed by atoms with E-state index in [1.807, 2.05) is 38.0 Å². The number of aromatic hydroxyl groups is 1. The maximum atomic E-state index is 12.7. The molecule has 2 rings (SSSR count). The Labute approximate surface area is 170 Å². The standard InChI is InChI=1S/C21H24Cl2N2O2/c1-24(2)12-16-9-15(10-17(21(16)27)13-25(3)4)20(26)8-6-14-5-7-18(22)11-19(14)23/h5-11,27H,12-13H2,1-4H3/b8-6+. The summed E-state index contributed by atoms with van der Waals surface area (Å²) in [4.78, 5) is 16.6. The van der Waals surface area contributed by atoms with Crippen molar-refractivity contribution in [1.82, 2.24) is 9.80 Å². The van der Waals surface area contributed by atoms with Crippen LogP contribution in [0.2, 0.25) is 10.0 Å². The molecular formula is C21H24Cl2N2O2. The number of allylic oxidation sites excluding steroid dienone is 1. The zero-order valence-electron chi connectivity index (χ0n) is 16.0. The van der Waals surface area contributed by atoms with Crippen molar-refractivity contribution in [3.8, 4) is 5.75 Å². The van der Waals surface area contributed by atoms with Gasteiger partial charge < -0.3 is 14.9 Å². The Morgan fingerprint density at radius 3 is 2.04 bits per heavy atom. The zero-order valence-corrected chi connectivity index (χ0v) is 17.5. The number of nitrogens with zero attached hydrogens (tertiary/aromatic N) is 2. The fraction of sp³-hybridized carbons (Fsp3) is 0.286. The second kappa shape index (κ2) is 9.38. The van der Waals surface area contributed by atoms with Crippen molar-refractivity contribution < 1.29 is 9.90 Å². The van der Waals surface area contributed by atoms with Crippen molar-refractivity contribution in [3.05, 3.63) is 68.7 Å². The van der Waals surface area contributed by atoms with Gasteiger partial charge in [0.05, 0.1) is 0 Å². The van der Waals surface area contributed by atoms with Crippen molar-refractivity contribution in [1.29, 1.82) is 0 Å². The summed E-state index contributed by atoms with van der Waals surface area (Å²) in [6, 6.07) is 8.61. The van der Waals surface area contributed by atoms with Crippen LogP contribution < -0.4 is 0 Å². The smallest absolute Gasteiger partial charge is 0.185 e. The summed E-state index contributed by atoms with van der Waals surface area (Å²) < 4.78 is 0. The minimum atomic E-state index is -0.152. The third-order valence-corrected chi connectivity index (χ3v) is 4.46. The molecule has 0 heterocycles. The summed E-state index contributed by atoms with van der Waals surface area (Å²) in [5, 5.41) is 11.6. The van der Waals surface area contributed by atoms with Gasteiger partial charge in [-0.3, -0.25) is 4.79 Å². The molecule has 0 saturated heterocycles. The predicted molar refractivity (Wildman–Crippen MR) is 113 cm³/mol. The first-order valence-corrected chi connectivity index (χ1v) is 9.24. The Morgan fingerprint density at radius 1 is 1.00 bits per heavy atom. The van der Waals surface area contributed by atoms with Gasteiger partial charge in [0.2, 0.25) is 0 Å². The van der Waals surface area contributed by atoms with Gasteiger partial charge in [0.25, 0.3) is 0 Å². The van der Waals surface area contributed by atoms with E-state index in [0.29, 0.717) is 28.7 Å². The molecule has 0 aliphatic rings. The lowest BCUT2D eigenvalue weighted by atomic mass is 10.00. The van der Waals surface area contributed by atoms with Crippen molar-refractivity contribution in [2.75, 3.05) is 28.2 Å². The molecule has 0 unspecified atom stereocenters. The number of rotatable bonds is 7. The molecule has 144 valence electrons. The van der Waals surface area contributed by atoms with Gasteiger partial charge in [-0.15, -0.1) is 0 Å². The molecule has 0 fully saturated rings. The van der Waals surface area contributed by atoms with Gasteiger partial charge in [-0.05, 0) is 70.2 Å². The molecule has 0 amide bonds. The molecule has 0 saturated carbocycles. The average molecular weight is 407 g/mol. The molecule has 0 bridgehead atoms. The summed E-state index contributed by atoms with van der Waals surface area (Å²) in [5.41, 5.74) is 2.69. The van der Waals surface area contributed by atoms with E-state index in [1.54, 1.807) is 36.4 Å². The van der Waals surface area contributed by atoms with E-state index in [9.17, 15) is 9.90 Å². The fourth-order valence-electron chi connectivity index (χ4n) is 2.72. The predicted octanol–water partition coefficient (Wildman–Crippen LogP) is 4.72. The molecule has 4 nitrogen and oxygen atoms in total. The van der Waals surface area contributed by atoms with Crippen LogP contribution in [0.1, 0.15) is 27.0 Å². The van der Waals surface area contributed by atoms with E-state index in [2.05, 4.69) is 0 Å². The fourth-order valence-corrected chi connectivity index (χ4v) is 3.19. The number of phenolic OH excluding ortho intramolecular Hbond substituents is 1. The average Bonchev–Trinajstić information content (AvgIpc) is 2.56. The van der Waals surface area contributed by atoms with Crippen LogP contribution in [0, 0.1) is 0 Å². The van der Waals surface area contributed by atoms with Crippen LogP contribution in [0.4, 0.5) is 0 Å². The van der Waals surface area contributed by atoms with Gasteiger partial charge >= 0.3 is 0 Å². The van der Waals surface area contributed by atoms with Crippen molar-refractivity contribution in [2.24, 2.45) is 0 Å². The molecule has 0 aromatic heterocycles. The van der Waals surface area contributed by atoms with Crippen molar-refractivity contribution in [2.45, 2.75) is 13.1 Å². The summed E-state index contributed by atoms with van der Waals surface area (Å²) in [6.45, 7) is 1.08. The lowest BCUT2D eigenvalue weighted by Gasteiger charge is -2.17. The van der Waals surface area contributed by atoms with Gasteiger partial charge in [0.1, 0.15) is 5.75 Å². The summed E-state index contributed by atoms with van der Waals surface area (Å²) in [5.74, 6) is 0.0831. The second-order valence-corrected chi connectivity index (χ2v) is 7.83.